The maximum atomic E-state index is 5.64. The molecule has 1 aliphatic heterocycles. The van der Waals surface area contributed by atoms with E-state index < -0.39 is 0 Å². The summed E-state index contributed by atoms with van der Waals surface area (Å²) in [6, 6.07) is 8.26. The summed E-state index contributed by atoms with van der Waals surface area (Å²) < 4.78 is 0. The highest BCUT2D eigenvalue weighted by molar-refractivity contribution is 5.40. The Labute approximate surface area is 79.1 Å². The van der Waals surface area contributed by atoms with Gasteiger partial charge in [0, 0.05) is 18.8 Å². The Morgan fingerprint density at radius 1 is 1.08 bits per heavy atom. The molecule has 13 heavy (non-hydrogen) atoms. The molecule has 2 nitrogen and oxygen atoms in total. The Kier molecular flexibility index (Phi) is 2.50. The van der Waals surface area contributed by atoms with Crippen LogP contribution in [0.5, 0.6) is 0 Å². The Bertz CT molecular complexity index is 260. The zero-order chi connectivity index (χ0) is 9.10. The Morgan fingerprint density at radius 3 is 2.31 bits per heavy atom. The van der Waals surface area contributed by atoms with E-state index in [-0.39, 0.29) is 0 Å². The van der Waals surface area contributed by atoms with Crippen LogP contribution in [0.25, 0.3) is 0 Å². The Balaban J connectivity index is 2.10. The van der Waals surface area contributed by atoms with E-state index in [4.69, 9.17) is 5.73 Å². The fourth-order valence-electron chi connectivity index (χ4n) is 1.85. The number of rotatable bonds is 1. The molecule has 1 fully saturated rings. The molecular weight excluding hydrogens is 160 g/mol. The summed E-state index contributed by atoms with van der Waals surface area (Å²) in [4.78, 5) is 0. The summed E-state index contributed by atoms with van der Waals surface area (Å²) in [5.74, 6) is 0.707. The zero-order valence-electron chi connectivity index (χ0n) is 7.74. The largest absolute Gasteiger partial charge is 0.399 e. The van der Waals surface area contributed by atoms with Crippen LogP contribution in [-0.4, -0.2) is 13.1 Å². The minimum Gasteiger partial charge on any atom is -0.399 e. The summed E-state index contributed by atoms with van der Waals surface area (Å²) in [6.45, 7) is 2.05. The van der Waals surface area contributed by atoms with Crippen LogP contribution in [-0.2, 0) is 0 Å². The van der Waals surface area contributed by atoms with Gasteiger partial charge in [0.2, 0.25) is 0 Å². The molecule has 1 radical (unpaired) electrons. The van der Waals surface area contributed by atoms with Gasteiger partial charge in [0.15, 0.2) is 0 Å². The fourth-order valence-corrected chi connectivity index (χ4v) is 1.85. The van der Waals surface area contributed by atoms with Crippen LogP contribution in [0.15, 0.2) is 24.3 Å². The standard InChI is InChI=1S/C11H15N2/c12-11-3-1-9(2-4-11)10-5-7-13-8-6-10/h1-4,10H,5-8,12H2. The van der Waals surface area contributed by atoms with Gasteiger partial charge in [0.1, 0.15) is 0 Å². The topological polar surface area (TPSA) is 40.1 Å². The van der Waals surface area contributed by atoms with Crippen LogP contribution in [0.3, 0.4) is 0 Å². The normalized spacial score (nSPS) is 18.8. The van der Waals surface area contributed by atoms with Crippen LogP contribution in [0.1, 0.15) is 24.3 Å². The molecule has 0 atom stereocenters. The monoisotopic (exact) mass is 175 g/mol. The minimum absolute atomic E-state index is 0.707. The molecule has 1 aromatic carbocycles. The van der Waals surface area contributed by atoms with Crippen LogP contribution in [0.2, 0.25) is 0 Å². The van der Waals surface area contributed by atoms with Gasteiger partial charge in [0.05, 0.1) is 0 Å². The van der Waals surface area contributed by atoms with Gasteiger partial charge >= 0.3 is 0 Å². The molecule has 2 rings (SSSR count). The van der Waals surface area contributed by atoms with Gasteiger partial charge in [-0.2, -0.15) is 0 Å². The van der Waals surface area contributed by atoms with Crippen molar-refractivity contribution in [1.29, 1.82) is 0 Å². The number of hydrogen-bond acceptors (Lipinski definition) is 1. The number of nitrogens with zero attached hydrogens (tertiary/aromatic N) is 1. The van der Waals surface area contributed by atoms with E-state index in [2.05, 4.69) is 17.4 Å². The molecule has 0 bridgehead atoms. The number of nitrogen functional groups attached to an aromatic ring is 1. The van der Waals surface area contributed by atoms with Gasteiger partial charge in [-0.1, -0.05) is 12.1 Å². The van der Waals surface area contributed by atoms with E-state index in [1.807, 2.05) is 12.1 Å². The maximum absolute atomic E-state index is 5.64. The molecular formula is C11H15N2. The first-order valence-corrected chi connectivity index (χ1v) is 4.85. The highest BCUT2D eigenvalue weighted by Gasteiger charge is 2.14. The average Bonchev–Trinajstić information content (AvgIpc) is 2.20. The van der Waals surface area contributed by atoms with Crippen LogP contribution in [0.4, 0.5) is 5.69 Å². The van der Waals surface area contributed by atoms with Crippen LogP contribution in [0, 0.1) is 0 Å². The lowest BCUT2D eigenvalue weighted by Crippen LogP contribution is -2.20. The smallest absolute Gasteiger partial charge is 0.0314 e. The molecule has 1 heterocycles. The first kappa shape index (κ1) is 8.57. The van der Waals surface area contributed by atoms with Gasteiger partial charge in [0.25, 0.3) is 0 Å². The number of hydrogen-bond donors (Lipinski definition) is 1. The molecule has 0 unspecified atom stereocenters. The van der Waals surface area contributed by atoms with Crippen molar-refractivity contribution in [2.24, 2.45) is 0 Å². The Morgan fingerprint density at radius 2 is 1.69 bits per heavy atom. The highest BCUT2D eigenvalue weighted by atomic mass is 14.9. The summed E-state index contributed by atoms with van der Waals surface area (Å²) in [5.41, 5.74) is 7.91. The van der Waals surface area contributed by atoms with E-state index in [1.54, 1.807) is 0 Å². The van der Waals surface area contributed by atoms with Gasteiger partial charge < -0.3 is 5.73 Å². The van der Waals surface area contributed by atoms with Crippen molar-refractivity contribution < 1.29 is 0 Å². The van der Waals surface area contributed by atoms with Crippen LogP contribution < -0.4 is 11.1 Å². The van der Waals surface area contributed by atoms with Gasteiger partial charge in [-0.15, -0.1) is 0 Å². The number of nitrogens with two attached hydrogens (primary N) is 1. The second-order valence-electron chi connectivity index (χ2n) is 3.61. The summed E-state index contributed by atoms with van der Waals surface area (Å²) in [5, 5.41) is 4.35. The maximum Gasteiger partial charge on any atom is 0.0314 e. The molecule has 1 aliphatic rings. The molecule has 1 saturated heterocycles. The lowest BCUT2D eigenvalue weighted by atomic mass is 9.90. The van der Waals surface area contributed by atoms with Gasteiger partial charge in [-0.3, -0.25) is 0 Å². The van der Waals surface area contributed by atoms with E-state index >= 15 is 0 Å². The van der Waals surface area contributed by atoms with Crippen molar-refractivity contribution >= 4 is 5.69 Å². The minimum atomic E-state index is 0.707. The first-order valence-electron chi connectivity index (χ1n) is 4.85. The number of anilines is 1. The van der Waals surface area contributed by atoms with Crippen molar-refractivity contribution in [2.45, 2.75) is 18.8 Å². The van der Waals surface area contributed by atoms with Crippen molar-refractivity contribution in [1.82, 2.24) is 5.32 Å². The quantitative estimate of drug-likeness (QED) is 0.649. The van der Waals surface area contributed by atoms with Crippen molar-refractivity contribution in [3.8, 4) is 0 Å². The molecule has 0 amide bonds. The zero-order valence-corrected chi connectivity index (χ0v) is 7.74. The third kappa shape index (κ3) is 2.01. The van der Waals surface area contributed by atoms with Gasteiger partial charge in [-0.05, 0) is 36.5 Å². The van der Waals surface area contributed by atoms with Crippen LogP contribution >= 0.6 is 0 Å². The van der Waals surface area contributed by atoms with E-state index in [0.717, 1.165) is 18.8 Å². The Hall–Kier alpha value is -1.02. The van der Waals surface area contributed by atoms with E-state index in [1.165, 1.54) is 18.4 Å². The fraction of sp³-hybridized carbons (Fsp3) is 0.455. The molecule has 0 spiro atoms. The summed E-state index contributed by atoms with van der Waals surface area (Å²) in [7, 11) is 0. The predicted octanol–water partition coefficient (Wildman–Crippen LogP) is 1.75. The molecule has 2 N–H and O–H groups in total. The van der Waals surface area contributed by atoms with Gasteiger partial charge in [-0.25, -0.2) is 5.32 Å². The molecule has 1 aromatic rings. The molecule has 0 saturated carbocycles. The SMILES string of the molecule is Nc1ccc(C2CC[N]CC2)cc1. The number of piperidine rings is 1. The highest BCUT2D eigenvalue weighted by Crippen LogP contribution is 2.25. The predicted molar refractivity (Wildman–Crippen MR) is 54.7 cm³/mol. The van der Waals surface area contributed by atoms with Crippen molar-refractivity contribution in [3.05, 3.63) is 29.8 Å². The summed E-state index contributed by atoms with van der Waals surface area (Å²) >= 11 is 0. The lowest BCUT2D eigenvalue weighted by molar-refractivity contribution is 0.453. The van der Waals surface area contributed by atoms with E-state index in [0.29, 0.717) is 5.92 Å². The number of benzene rings is 1. The second kappa shape index (κ2) is 3.79. The average molecular weight is 175 g/mol. The molecule has 69 valence electrons. The lowest BCUT2D eigenvalue weighted by Gasteiger charge is -2.21. The molecule has 2 heteroatoms. The second-order valence-corrected chi connectivity index (χ2v) is 3.61. The summed E-state index contributed by atoms with van der Waals surface area (Å²) in [6.07, 6.45) is 2.40. The van der Waals surface area contributed by atoms with E-state index in [9.17, 15) is 0 Å². The van der Waals surface area contributed by atoms with Crippen molar-refractivity contribution in [2.75, 3.05) is 18.8 Å². The first-order chi connectivity index (χ1) is 6.36. The van der Waals surface area contributed by atoms with Crippen molar-refractivity contribution in [3.63, 3.8) is 0 Å². The molecule has 0 aromatic heterocycles. The third-order valence-corrected chi connectivity index (χ3v) is 2.68. The molecule has 0 aliphatic carbocycles. The third-order valence-electron chi connectivity index (χ3n) is 2.68.